The molecule has 0 aliphatic heterocycles. The largest absolute Gasteiger partial charge is 0.465 e. The summed E-state index contributed by atoms with van der Waals surface area (Å²) < 4.78 is 5.30. The van der Waals surface area contributed by atoms with Crippen molar-refractivity contribution in [3.05, 3.63) is 100 Å². The fourth-order valence-electron chi connectivity index (χ4n) is 2.88. The third kappa shape index (κ3) is 5.15. The van der Waals surface area contributed by atoms with E-state index >= 15 is 0 Å². The van der Waals surface area contributed by atoms with Gasteiger partial charge >= 0.3 is 0 Å². The molecule has 0 saturated heterocycles. The number of hydrogen-bond donors (Lipinski definition) is 2. The molecule has 4 rings (SSSR count). The van der Waals surface area contributed by atoms with E-state index in [1.165, 1.54) is 12.3 Å². The number of nitrogens with one attached hydrogen (secondary N) is 2. The number of anilines is 1. The molecule has 4 aromatic rings. The quantitative estimate of drug-likeness (QED) is 0.417. The highest BCUT2D eigenvalue weighted by Gasteiger charge is 2.16. The van der Waals surface area contributed by atoms with Crippen molar-refractivity contribution in [1.82, 2.24) is 10.3 Å². The zero-order valence-electron chi connectivity index (χ0n) is 16.7. The molecule has 0 bridgehead atoms. The van der Waals surface area contributed by atoms with Gasteiger partial charge in [0.25, 0.3) is 11.8 Å². The highest BCUT2D eigenvalue weighted by Crippen LogP contribution is 2.23. The van der Waals surface area contributed by atoms with Crippen molar-refractivity contribution in [1.29, 1.82) is 0 Å². The van der Waals surface area contributed by atoms with Gasteiger partial charge in [0.15, 0.2) is 0 Å². The molecule has 154 valence electrons. The van der Waals surface area contributed by atoms with Crippen molar-refractivity contribution in [2.24, 2.45) is 0 Å². The predicted molar refractivity (Wildman–Crippen MR) is 122 cm³/mol. The molecule has 6 nitrogen and oxygen atoms in total. The number of furan rings is 1. The maximum atomic E-state index is 12.9. The molecule has 2 aromatic heterocycles. The van der Waals surface area contributed by atoms with E-state index in [2.05, 4.69) is 15.6 Å². The third-order valence-electron chi connectivity index (χ3n) is 4.42. The van der Waals surface area contributed by atoms with E-state index < -0.39 is 5.91 Å². The molecule has 0 atom stereocenters. The first-order valence-electron chi connectivity index (χ1n) is 9.54. The summed E-state index contributed by atoms with van der Waals surface area (Å²) in [5.41, 5.74) is 2.98. The molecule has 0 saturated carbocycles. The van der Waals surface area contributed by atoms with Crippen LogP contribution in [0.3, 0.4) is 0 Å². The number of nitrogens with zero attached hydrogens (tertiary/aromatic N) is 1. The van der Waals surface area contributed by atoms with Crippen LogP contribution < -0.4 is 10.6 Å². The highest BCUT2D eigenvalue weighted by molar-refractivity contribution is 7.09. The van der Waals surface area contributed by atoms with Gasteiger partial charge in [-0.05, 0) is 43.3 Å². The molecule has 0 unspecified atom stereocenters. The topological polar surface area (TPSA) is 84.2 Å². The van der Waals surface area contributed by atoms with Gasteiger partial charge in [0.1, 0.15) is 11.5 Å². The average molecular weight is 430 g/mol. The number of rotatable bonds is 6. The van der Waals surface area contributed by atoms with E-state index in [1.807, 2.05) is 30.5 Å². The van der Waals surface area contributed by atoms with Crippen LogP contribution in [0.2, 0.25) is 0 Å². The van der Waals surface area contributed by atoms with Gasteiger partial charge in [-0.1, -0.05) is 30.3 Å². The molecule has 2 amide bonds. The van der Waals surface area contributed by atoms with Gasteiger partial charge in [0, 0.05) is 28.3 Å². The second kappa shape index (κ2) is 9.23. The number of aryl methyl sites for hydroxylation is 1. The molecule has 0 aliphatic rings. The van der Waals surface area contributed by atoms with Crippen LogP contribution in [0.5, 0.6) is 0 Å². The van der Waals surface area contributed by atoms with E-state index in [4.69, 9.17) is 4.42 Å². The Morgan fingerprint density at radius 1 is 1.00 bits per heavy atom. The van der Waals surface area contributed by atoms with E-state index in [0.717, 1.165) is 16.3 Å². The van der Waals surface area contributed by atoms with Crippen molar-refractivity contribution in [3.63, 3.8) is 0 Å². The Balaban J connectivity index is 1.52. The van der Waals surface area contributed by atoms with Crippen molar-refractivity contribution in [2.75, 3.05) is 5.32 Å². The Bertz CT molecular complexity index is 1210. The Morgan fingerprint density at radius 3 is 2.42 bits per heavy atom. The minimum Gasteiger partial charge on any atom is -0.465 e. The van der Waals surface area contributed by atoms with Crippen LogP contribution in [-0.4, -0.2) is 16.8 Å². The van der Waals surface area contributed by atoms with Crippen LogP contribution in [0.25, 0.3) is 17.3 Å². The Labute approximate surface area is 183 Å². The van der Waals surface area contributed by atoms with Crippen LogP contribution in [0.1, 0.15) is 21.1 Å². The number of aromatic nitrogens is 1. The summed E-state index contributed by atoms with van der Waals surface area (Å²) in [5, 5.41) is 8.47. The standard InChI is InChI=1S/C24H19N3O3S/c1-16-25-22(15-31-16)17-9-11-19(12-10-17)26-24(29)21(14-20-8-5-13-30-20)27-23(28)18-6-3-2-4-7-18/h2-15H,1H3,(H,26,29)(H,27,28)/b21-14-. The summed E-state index contributed by atoms with van der Waals surface area (Å²) in [4.78, 5) is 30.0. The predicted octanol–water partition coefficient (Wildman–Crippen LogP) is 5.12. The smallest absolute Gasteiger partial charge is 0.272 e. The molecular formula is C24H19N3O3S. The first-order valence-corrected chi connectivity index (χ1v) is 10.4. The number of amides is 2. The Kier molecular flexibility index (Phi) is 6.05. The summed E-state index contributed by atoms with van der Waals surface area (Å²) in [6.45, 7) is 1.96. The van der Waals surface area contributed by atoms with Gasteiger partial charge in [0.2, 0.25) is 0 Å². The molecule has 2 aromatic carbocycles. The summed E-state index contributed by atoms with van der Waals surface area (Å²) in [6, 6.07) is 19.5. The molecule has 0 aliphatic carbocycles. The molecule has 2 heterocycles. The lowest BCUT2D eigenvalue weighted by Crippen LogP contribution is -2.30. The monoisotopic (exact) mass is 429 g/mol. The van der Waals surface area contributed by atoms with Gasteiger partial charge in [0.05, 0.1) is 17.0 Å². The highest BCUT2D eigenvalue weighted by atomic mass is 32.1. The number of carbonyl (C=O) groups excluding carboxylic acids is 2. The lowest BCUT2D eigenvalue weighted by Gasteiger charge is -2.11. The van der Waals surface area contributed by atoms with Crippen LogP contribution in [0.15, 0.2) is 88.5 Å². The number of benzene rings is 2. The van der Waals surface area contributed by atoms with E-state index in [1.54, 1.807) is 59.9 Å². The van der Waals surface area contributed by atoms with Gasteiger partial charge in [-0.2, -0.15) is 0 Å². The molecule has 0 fully saturated rings. The molecule has 0 radical (unpaired) electrons. The van der Waals surface area contributed by atoms with Gasteiger partial charge in [-0.3, -0.25) is 9.59 Å². The van der Waals surface area contributed by atoms with E-state index in [-0.39, 0.29) is 11.6 Å². The van der Waals surface area contributed by atoms with Crippen molar-refractivity contribution < 1.29 is 14.0 Å². The zero-order valence-corrected chi connectivity index (χ0v) is 17.5. The third-order valence-corrected chi connectivity index (χ3v) is 5.19. The van der Waals surface area contributed by atoms with E-state index in [9.17, 15) is 9.59 Å². The summed E-state index contributed by atoms with van der Waals surface area (Å²) in [5.74, 6) is -0.395. The van der Waals surface area contributed by atoms with Crippen LogP contribution in [0.4, 0.5) is 5.69 Å². The van der Waals surface area contributed by atoms with Gasteiger partial charge in [-0.15, -0.1) is 11.3 Å². The van der Waals surface area contributed by atoms with Crippen LogP contribution >= 0.6 is 11.3 Å². The minimum absolute atomic E-state index is 0.0722. The normalized spacial score (nSPS) is 11.2. The molecule has 2 N–H and O–H groups in total. The fourth-order valence-corrected chi connectivity index (χ4v) is 3.50. The van der Waals surface area contributed by atoms with Crippen LogP contribution in [0, 0.1) is 6.92 Å². The average Bonchev–Trinajstić information content (AvgIpc) is 3.46. The van der Waals surface area contributed by atoms with Crippen molar-refractivity contribution in [2.45, 2.75) is 6.92 Å². The van der Waals surface area contributed by atoms with Gasteiger partial charge in [-0.25, -0.2) is 4.98 Å². The number of hydrogen-bond acceptors (Lipinski definition) is 5. The zero-order chi connectivity index (χ0) is 21.6. The second-order valence-electron chi connectivity index (χ2n) is 6.68. The number of carbonyl (C=O) groups is 2. The van der Waals surface area contributed by atoms with Crippen molar-refractivity contribution >= 4 is 34.9 Å². The summed E-state index contributed by atoms with van der Waals surface area (Å²) in [7, 11) is 0. The molecule has 7 heteroatoms. The SMILES string of the molecule is Cc1nc(-c2ccc(NC(=O)/C(=C/c3ccco3)NC(=O)c3ccccc3)cc2)cs1. The molecule has 31 heavy (non-hydrogen) atoms. The second-order valence-corrected chi connectivity index (χ2v) is 7.74. The lowest BCUT2D eigenvalue weighted by atomic mass is 10.1. The molecular weight excluding hydrogens is 410 g/mol. The summed E-state index contributed by atoms with van der Waals surface area (Å²) >= 11 is 1.59. The maximum Gasteiger partial charge on any atom is 0.272 e. The van der Waals surface area contributed by atoms with Gasteiger partial charge < -0.3 is 15.1 Å². The first kappa shape index (κ1) is 20.3. The molecule has 0 spiro atoms. The fraction of sp³-hybridized carbons (Fsp3) is 0.0417. The van der Waals surface area contributed by atoms with Crippen molar-refractivity contribution in [3.8, 4) is 11.3 Å². The van der Waals surface area contributed by atoms with E-state index in [0.29, 0.717) is 17.0 Å². The Morgan fingerprint density at radius 2 is 1.77 bits per heavy atom. The van der Waals surface area contributed by atoms with Crippen LogP contribution in [-0.2, 0) is 4.79 Å². The maximum absolute atomic E-state index is 12.9. The summed E-state index contributed by atoms with van der Waals surface area (Å²) in [6.07, 6.45) is 2.99. The number of thiazole rings is 1. The minimum atomic E-state index is -0.460. The Hall–Kier alpha value is -3.97. The first-order chi connectivity index (χ1) is 15.1. The lowest BCUT2D eigenvalue weighted by molar-refractivity contribution is -0.113.